The summed E-state index contributed by atoms with van der Waals surface area (Å²) in [4.78, 5) is 26.0. The van der Waals surface area contributed by atoms with E-state index in [0.717, 1.165) is 22.3 Å². The molecule has 2 N–H and O–H groups in total. The number of benzene rings is 4. The lowest BCUT2D eigenvalue weighted by atomic mass is 9.99. The number of carbonyl (C=O) groups excluding carboxylic acids is 2. The van der Waals surface area contributed by atoms with Crippen LogP contribution in [0, 0.1) is 13.8 Å². The van der Waals surface area contributed by atoms with Gasteiger partial charge >= 0.3 is 0 Å². The van der Waals surface area contributed by atoms with Crippen molar-refractivity contribution in [3.8, 4) is 11.1 Å². The van der Waals surface area contributed by atoms with Crippen molar-refractivity contribution in [3.63, 3.8) is 0 Å². The molecule has 0 aromatic heterocycles. The van der Waals surface area contributed by atoms with Gasteiger partial charge in [-0.05, 0) is 96.8 Å². The van der Waals surface area contributed by atoms with Crippen LogP contribution in [-0.4, -0.2) is 40.2 Å². The van der Waals surface area contributed by atoms with E-state index in [2.05, 4.69) is 10.6 Å². The Kier molecular flexibility index (Phi) is 8.98. The molecule has 0 unspecified atom stereocenters. The number of anilines is 2. The highest BCUT2D eigenvalue weighted by Gasteiger charge is 2.17. The molecule has 0 aliphatic carbocycles. The molecule has 0 fully saturated rings. The topological polar surface area (TPSA) is 126 Å². The molecule has 2 amide bonds. The minimum atomic E-state index is -3.43. The average molecular weight is 605 g/mol. The molecule has 0 radical (unpaired) electrons. The third-order valence-electron chi connectivity index (χ3n) is 6.95. The van der Waals surface area contributed by atoms with E-state index in [9.17, 15) is 26.4 Å². The number of hydrogen-bond donors (Lipinski definition) is 2. The SMILES string of the molecule is CCS(=O)(=O)c1cccc(C(=O)Nc2ccc(-c3ccc(NC(=O)c4cccc(S(=O)(=O)CC)c4)c(C)c3)cc2C)c1. The summed E-state index contributed by atoms with van der Waals surface area (Å²) in [6, 6.07) is 23.1. The van der Waals surface area contributed by atoms with Gasteiger partial charge in [-0.15, -0.1) is 0 Å². The molecular weight excluding hydrogens is 572 g/mol. The van der Waals surface area contributed by atoms with Crippen molar-refractivity contribution in [2.75, 3.05) is 22.1 Å². The van der Waals surface area contributed by atoms with Crippen LogP contribution in [0.4, 0.5) is 11.4 Å². The molecule has 0 aliphatic heterocycles. The molecule has 0 atom stereocenters. The summed E-state index contributed by atoms with van der Waals surface area (Å²) in [6.07, 6.45) is 0. The Balaban J connectivity index is 1.49. The van der Waals surface area contributed by atoms with Gasteiger partial charge in [0.1, 0.15) is 0 Å². The van der Waals surface area contributed by atoms with Gasteiger partial charge in [0.25, 0.3) is 11.8 Å². The van der Waals surface area contributed by atoms with Gasteiger partial charge in [-0.2, -0.15) is 0 Å². The van der Waals surface area contributed by atoms with Crippen LogP contribution >= 0.6 is 0 Å². The maximum absolute atomic E-state index is 12.9. The zero-order valence-corrected chi connectivity index (χ0v) is 25.4. The third-order valence-corrected chi connectivity index (χ3v) is 10.4. The third kappa shape index (κ3) is 6.78. The summed E-state index contributed by atoms with van der Waals surface area (Å²) >= 11 is 0. The van der Waals surface area contributed by atoms with Gasteiger partial charge in [0.15, 0.2) is 19.7 Å². The lowest BCUT2D eigenvalue weighted by Crippen LogP contribution is -2.14. The van der Waals surface area contributed by atoms with E-state index in [-0.39, 0.29) is 32.4 Å². The summed E-state index contributed by atoms with van der Waals surface area (Å²) in [7, 11) is -6.87. The number of sulfone groups is 2. The van der Waals surface area contributed by atoms with Crippen molar-refractivity contribution in [2.45, 2.75) is 37.5 Å². The van der Waals surface area contributed by atoms with Gasteiger partial charge in [0, 0.05) is 22.5 Å². The fourth-order valence-electron chi connectivity index (χ4n) is 4.35. The van der Waals surface area contributed by atoms with Gasteiger partial charge in [-0.1, -0.05) is 38.1 Å². The van der Waals surface area contributed by atoms with Gasteiger partial charge in [-0.3, -0.25) is 9.59 Å². The second kappa shape index (κ2) is 12.3. The standard InChI is InChI=1S/C32H32N2O6S2/c1-5-41(37,38)27-11-7-9-25(19-27)31(35)33-29-15-13-23(17-21(29)3)24-14-16-30(22(4)18-24)34-32(36)26-10-8-12-28(20-26)42(39,40)6-2/h7-20H,5-6H2,1-4H3,(H,33,35)(H,34,36). The number of carbonyl (C=O) groups is 2. The lowest BCUT2D eigenvalue weighted by Gasteiger charge is -2.13. The van der Waals surface area contributed by atoms with E-state index >= 15 is 0 Å². The molecule has 42 heavy (non-hydrogen) atoms. The largest absolute Gasteiger partial charge is 0.322 e. The van der Waals surface area contributed by atoms with Crippen LogP contribution in [0.3, 0.4) is 0 Å². The monoisotopic (exact) mass is 604 g/mol. The number of amides is 2. The van der Waals surface area contributed by atoms with Crippen LogP contribution in [-0.2, 0) is 19.7 Å². The summed E-state index contributed by atoms with van der Waals surface area (Å²) in [5.74, 6) is -0.921. The van der Waals surface area contributed by atoms with Crippen molar-refractivity contribution >= 4 is 42.9 Å². The molecule has 0 aliphatic rings. The Hall–Kier alpha value is -4.28. The fraction of sp³-hybridized carbons (Fsp3) is 0.188. The van der Waals surface area contributed by atoms with Crippen molar-refractivity contribution in [3.05, 3.63) is 107 Å². The van der Waals surface area contributed by atoms with E-state index in [1.807, 2.05) is 38.1 Å². The fourth-order valence-corrected chi connectivity index (χ4v) is 6.20. The zero-order chi connectivity index (χ0) is 30.7. The van der Waals surface area contributed by atoms with Crippen LogP contribution < -0.4 is 10.6 Å². The molecular formula is C32H32N2O6S2. The first kappa shape index (κ1) is 30.7. The lowest BCUT2D eigenvalue weighted by molar-refractivity contribution is 0.101. The van der Waals surface area contributed by atoms with Crippen LogP contribution in [0.15, 0.2) is 94.7 Å². The van der Waals surface area contributed by atoms with Crippen molar-refractivity contribution in [2.24, 2.45) is 0 Å². The average Bonchev–Trinajstić information content (AvgIpc) is 2.99. The number of rotatable bonds is 9. The Bertz CT molecular complexity index is 1760. The smallest absolute Gasteiger partial charge is 0.255 e. The number of hydrogen-bond acceptors (Lipinski definition) is 6. The van der Waals surface area contributed by atoms with Gasteiger partial charge in [0.05, 0.1) is 21.3 Å². The summed E-state index contributed by atoms with van der Waals surface area (Å²) in [6.45, 7) is 6.85. The van der Waals surface area contributed by atoms with Crippen LogP contribution in [0.5, 0.6) is 0 Å². The maximum atomic E-state index is 12.9. The number of nitrogens with one attached hydrogen (secondary N) is 2. The molecule has 4 aromatic rings. The Morgan fingerprint density at radius 1 is 0.571 bits per heavy atom. The Morgan fingerprint density at radius 2 is 0.952 bits per heavy atom. The molecule has 0 bridgehead atoms. The minimum Gasteiger partial charge on any atom is -0.322 e. The minimum absolute atomic E-state index is 0.0508. The molecule has 0 saturated heterocycles. The maximum Gasteiger partial charge on any atom is 0.255 e. The number of aryl methyl sites for hydroxylation is 2. The highest BCUT2D eigenvalue weighted by atomic mass is 32.2. The van der Waals surface area contributed by atoms with Gasteiger partial charge in [-0.25, -0.2) is 16.8 Å². The predicted molar refractivity (Wildman–Crippen MR) is 166 cm³/mol. The highest BCUT2D eigenvalue weighted by Crippen LogP contribution is 2.29. The molecule has 4 aromatic carbocycles. The Morgan fingerprint density at radius 3 is 1.29 bits per heavy atom. The van der Waals surface area contributed by atoms with E-state index in [1.54, 1.807) is 50.2 Å². The summed E-state index contributed by atoms with van der Waals surface area (Å²) in [5, 5.41) is 5.71. The van der Waals surface area contributed by atoms with Gasteiger partial charge in [0.2, 0.25) is 0 Å². The molecule has 0 saturated carbocycles. The molecule has 218 valence electrons. The predicted octanol–water partition coefficient (Wildman–Crippen LogP) is 6.06. The molecule has 10 heteroatoms. The van der Waals surface area contributed by atoms with Crippen molar-refractivity contribution in [1.29, 1.82) is 0 Å². The molecule has 0 heterocycles. The van der Waals surface area contributed by atoms with Crippen molar-refractivity contribution in [1.82, 2.24) is 0 Å². The van der Waals surface area contributed by atoms with Gasteiger partial charge < -0.3 is 10.6 Å². The Labute approximate surface area is 246 Å². The second-order valence-corrected chi connectivity index (χ2v) is 14.4. The first-order valence-corrected chi connectivity index (χ1v) is 16.6. The first-order chi connectivity index (χ1) is 19.8. The molecule has 0 spiro atoms. The van der Waals surface area contributed by atoms with Crippen LogP contribution in [0.2, 0.25) is 0 Å². The first-order valence-electron chi connectivity index (χ1n) is 13.3. The highest BCUT2D eigenvalue weighted by molar-refractivity contribution is 7.91. The molecule has 8 nitrogen and oxygen atoms in total. The molecule has 4 rings (SSSR count). The summed E-state index contributed by atoms with van der Waals surface area (Å²) in [5.41, 5.74) is 5.13. The normalized spacial score (nSPS) is 11.6. The van der Waals surface area contributed by atoms with E-state index in [4.69, 9.17) is 0 Å². The quantitative estimate of drug-likeness (QED) is 0.239. The van der Waals surface area contributed by atoms with Crippen LogP contribution in [0.25, 0.3) is 11.1 Å². The van der Waals surface area contributed by atoms with E-state index in [0.29, 0.717) is 11.4 Å². The van der Waals surface area contributed by atoms with Crippen LogP contribution in [0.1, 0.15) is 45.7 Å². The van der Waals surface area contributed by atoms with E-state index in [1.165, 1.54) is 24.3 Å². The van der Waals surface area contributed by atoms with E-state index < -0.39 is 31.5 Å². The second-order valence-electron chi connectivity index (χ2n) is 9.83. The van der Waals surface area contributed by atoms with Crippen molar-refractivity contribution < 1.29 is 26.4 Å². The zero-order valence-electron chi connectivity index (χ0n) is 23.8. The summed E-state index contributed by atoms with van der Waals surface area (Å²) < 4.78 is 48.8.